The summed E-state index contributed by atoms with van der Waals surface area (Å²) >= 11 is 1.48. The van der Waals surface area contributed by atoms with Gasteiger partial charge >= 0.3 is 0 Å². The minimum atomic E-state index is -0.132. The van der Waals surface area contributed by atoms with Crippen molar-refractivity contribution in [1.82, 2.24) is 9.97 Å². The molecule has 2 aromatic carbocycles. The normalized spacial score (nSPS) is 13.3. The van der Waals surface area contributed by atoms with Gasteiger partial charge in [-0.2, -0.15) is 0 Å². The van der Waals surface area contributed by atoms with Crippen LogP contribution in [0.4, 0.5) is 0 Å². The van der Waals surface area contributed by atoms with E-state index >= 15 is 0 Å². The fourth-order valence-corrected chi connectivity index (χ4v) is 4.17. The zero-order valence-corrected chi connectivity index (χ0v) is 15.7. The van der Waals surface area contributed by atoms with Crippen molar-refractivity contribution in [1.29, 1.82) is 0 Å². The van der Waals surface area contributed by atoms with Gasteiger partial charge in [0.25, 0.3) is 5.56 Å². The topological polar surface area (TPSA) is 64.2 Å². The highest BCUT2D eigenvalue weighted by Crippen LogP contribution is 2.32. The quantitative estimate of drug-likeness (QED) is 0.557. The molecule has 0 saturated carbocycles. The first kappa shape index (κ1) is 16.8. The first-order valence-electron chi connectivity index (χ1n) is 8.92. The lowest BCUT2D eigenvalue weighted by molar-refractivity contribution is 0.171. The Morgan fingerprint density at radius 1 is 1.00 bits per heavy atom. The summed E-state index contributed by atoms with van der Waals surface area (Å²) < 4.78 is 11.1. The Kier molecular flexibility index (Phi) is 4.18. The molecule has 0 radical (unpaired) electrons. The van der Waals surface area contributed by atoms with E-state index in [-0.39, 0.29) is 5.56 Å². The van der Waals surface area contributed by atoms with Crippen molar-refractivity contribution in [2.24, 2.45) is 0 Å². The molecule has 28 heavy (non-hydrogen) atoms. The first-order valence-corrected chi connectivity index (χ1v) is 9.80. The molecular formula is C22H16N2O3S. The van der Waals surface area contributed by atoms with E-state index in [0.29, 0.717) is 24.4 Å². The number of nitrogens with one attached hydrogen (secondary N) is 1. The van der Waals surface area contributed by atoms with Crippen molar-refractivity contribution in [3.63, 3.8) is 0 Å². The van der Waals surface area contributed by atoms with Gasteiger partial charge < -0.3 is 14.5 Å². The molecule has 5 nitrogen and oxygen atoms in total. The highest BCUT2D eigenvalue weighted by atomic mass is 32.1. The van der Waals surface area contributed by atoms with Gasteiger partial charge in [-0.3, -0.25) is 4.79 Å². The number of thiophene rings is 1. The Hall–Kier alpha value is -3.38. The van der Waals surface area contributed by atoms with Gasteiger partial charge in [-0.15, -0.1) is 11.3 Å². The molecule has 0 bridgehead atoms. The molecule has 0 spiro atoms. The van der Waals surface area contributed by atoms with Crippen LogP contribution in [0.5, 0.6) is 11.5 Å². The highest BCUT2D eigenvalue weighted by Gasteiger charge is 2.13. The summed E-state index contributed by atoms with van der Waals surface area (Å²) in [4.78, 5) is 20.9. The second-order valence-corrected chi connectivity index (χ2v) is 7.24. The Bertz CT molecular complexity index is 1240. The van der Waals surface area contributed by atoms with Gasteiger partial charge in [-0.25, -0.2) is 4.98 Å². The molecule has 4 aromatic rings. The average Bonchev–Trinajstić information content (AvgIpc) is 3.17. The van der Waals surface area contributed by atoms with E-state index in [0.717, 1.165) is 33.0 Å². The fraction of sp³-hybridized carbons (Fsp3) is 0.0909. The minimum Gasteiger partial charge on any atom is -0.486 e. The van der Waals surface area contributed by atoms with Gasteiger partial charge in [-0.1, -0.05) is 42.5 Å². The maximum Gasteiger partial charge on any atom is 0.260 e. The van der Waals surface area contributed by atoms with Crippen LogP contribution in [0.3, 0.4) is 0 Å². The van der Waals surface area contributed by atoms with E-state index in [1.54, 1.807) is 6.08 Å². The fourth-order valence-electron chi connectivity index (χ4n) is 3.21. The monoisotopic (exact) mass is 388 g/mol. The Balaban J connectivity index is 1.49. The van der Waals surface area contributed by atoms with Crippen LogP contribution in [-0.2, 0) is 0 Å². The van der Waals surface area contributed by atoms with Crippen molar-refractivity contribution in [3.8, 4) is 22.6 Å². The van der Waals surface area contributed by atoms with Gasteiger partial charge in [0.1, 0.15) is 23.9 Å². The summed E-state index contributed by atoms with van der Waals surface area (Å²) in [6.45, 7) is 1.12. The average molecular weight is 388 g/mol. The van der Waals surface area contributed by atoms with Crippen LogP contribution in [0.1, 0.15) is 11.4 Å². The molecule has 0 fully saturated rings. The third kappa shape index (κ3) is 3.08. The lowest BCUT2D eigenvalue weighted by atomic mass is 10.1. The number of hydrogen-bond acceptors (Lipinski definition) is 5. The molecule has 138 valence electrons. The smallest absolute Gasteiger partial charge is 0.260 e. The third-order valence-electron chi connectivity index (χ3n) is 4.55. The zero-order valence-electron chi connectivity index (χ0n) is 14.8. The van der Waals surface area contributed by atoms with Gasteiger partial charge in [0, 0.05) is 10.9 Å². The maximum absolute atomic E-state index is 12.7. The molecule has 1 aliphatic rings. The predicted octanol–water partition coefficient (Wildman–Crippen LogP) is 4.59. The SMILES string of the molecule is O=c1[nH]c(/C=C/c2ccc3c(c2)OCCO3)nc2scc(-c3ccccc3)c12. The maximum atomic E-state index is 12.7. The Morgan fingerprint density at radius 2 is 1.82 bits per heavy atom. The Labute approximate surface area is 164 Å². The van der Waals surface area contributed by atoms with Crippen LogP contribution in [0.25, 0.3) is 33.5 Å². The molecule has 5 rings (SSSR count). The van der Waals surface area contributed by atoms with Crippen molar-refractivity contribution in [3.05, 3.63) is 75.7 Å². The third-order valence-corrected chi connectivity index (χ3v) is 5.42. The van der Waals surface area contributed by atoms with Gasteiger partial charge in [-0.05, 0) is 29.3 Å². The number of fused-ring (bicyclic) bond motifs is 2. The van der Waals surface area contributed by atoms with Gasteiger partial charge in [0.05, 0.1) is 5.39 Å². The van der Waals surface area contributed by atoms with E-state index in [2.05, 4.69) is 9.97 Å². The van der Waals surface area contributed by atoms with Crippen molar-refractivity contribution >= 4 is 33.7 Å². The lowest BCUT2D eigenvalue weighted by Crippen LogP contribution is -2.15. The van der Waals surface area contributed by atoms with Gasteiger partial charge in [0.2, 0.25) is 0 Å². The number of benzene rings is 2. The number of rotatable bonds is 3. The summed E-state index contributed by atoms with van der Waals surface area (Å²) in [7, 11) is 0. The molecule has 1 N–H and O–H groups in total. The molecule has 6 heteroatoms. The lowest BCUT2D eigenvalue weighted by Gasteiger charge is -2.18. The molecule has 0 aliphatic carbocycles. The second kappa shape index (κ2) is 6.98. The minimum absolute atomic E-state index is 0.132. The zero-order chi connectivity index (χ0) is 18.9. The molecule has 0 saturated heterocycles. The van der Waals surface area contributed by atoms with Crippen molar-refractivity contribution in [2.45, 2.75) is 0 Å². The largest absolute Gasteiger partial charge is 0.486 e. The second-order valence-electron chi connectivity index (χ2n) is 6.38. The number of nitrogens with zero attached hydrogens (tertiary/aromatic N) is 1. The van der Waals surface area contributed by atoms with Crippen molar-refractivity contribution in [2.75, 3.05) is 13.2 Å². The van der Waals surface area contributed by atoms with E-state index in [4.69, 9.17) is 9.47 Å². The van der Waals surface area contributed by atoms with Crippen molar-refractivity contribution < 1.29 is 9.47 Å². The van der Waals surface area contributed by atoms with Crippen LogP contribution < -0.4 is 15.0 Å². The van der Waals surface area contributed by atoms with E-state index < -0.39 is 0 Å². The molecule has 0 unspecified atom stereocenters. The molecule has 0 amide bonds. The summed E-state index contributed by atoms with van der Waals surface area (Å²) in [5.74, 6) is 2.01. The van der Waals surface area contributed by atoms with E-state index in [1.165, 1.54) is 11.3 Å². The molecule has 3 heterocycles. The van der Waals surface area contributed by atoms with E-state index in [1.807, 2.05) is 60.0 Å². The number of aromatic nitrogens is 2. The Morgan fingerprint density at radius 3 is 2.68 bits per heavy atom. The van der Waals surface area contributed by atoms with Crippen LogP contribution in [0.2, 0.25) is 0 Å². The van der Waals surface area contributed by atoms with Crippen LogP contribution in [0.15, 0.2) is 58.7 Å². The standard InChI is InChI=1S/C22H16N2O3S/c25-21-20-16(15-4-2-1-3-5-15)13-28-22(20)24-19(23-21)9-7-14-6-8-17-18(12-14)27-11-10-26-17/h1-9,12-13H,10-11H2,(H,23,24,25)/b9-7+. The number of aromatic amines is 1. The van der Waals surface area contributed by atoms with Crippen LogP contribution >= 0.6 is 11.3 Å². The van der Waals surface area contributed by atoms with Crippen LogP contribution in [-0.4, -0.2) is 23.2 Å². The molecule has 0 atom stereocenters. The number of ether oxygens (including phenoxy) is 2. The summed E-state index contributed by atoms with van der Waals surface area (Å²) in [5.41, 5.74) is 2.74. The first-order chi connectivity index (χ1) is 13.8. The number of H-pyrrole nitrogens is 1. The number of hydrogen-bond donors (Lipinski definition) is 1. The highest BCUT2D eigenvalue weighted by molar-refractivity contribution is 7.17. The predicted molar refractivity (Wildman–Crippen MR) is 112 cm³/mol. The summed E-state index contributed by atoms with van der Waals surface area (Å²) in [6.07, 6.45) is 3.70. The van der Waals surface area contributed by atoms with Crippen LogP contribution in [0, 0.1) is 0 Å². The van der Waals surface area contributed by atoms with Gasteiger partial charge in [0.15, 0.2) is 11.5 Å². The molecule has 2 aromatic heterocycles. The summed E-state index contributed by atoms with van der Waals surface area (Å²) in [6, 6.07) is 15.6. The van der Waals surface area contributed by atoms with E-state index in [9.17, 15) is 4.79 Å². The molecule has 1 aliphatic heterocycles. The molecular weight excluding hydrogens is 372 g/mol. The summed E-state index contributed by atoms with van der Waals surface area (Å²) in [5, 5.41) is 2.61.